The molecule has 0 atom stereocenters. The summed E-state index contributed by atoms with van der Waals surface area (Å²) in [7, 11) is 0. The third-order valence-electron chi connectivity index (χ3n) is 0.990. The Morgan fingerprint density at radius 1 is 1.50 bits per heavy atom. The van der Waals surface area contributed by atoms with Crippen molar-refractivity contribution in [1.82, 2.24) is 5.32 Å². The van der Waals surface area contributed by atoms with E-state index < -0.39 is 23.3 Å². The second kappa shape index (κ2) is 4.43. The molecule has 0 aromatic heterocycles. The number of carbonyl (C=O) groups is 1. The molecule has 0 rings (SSSR count). The van der Waals surface area contributed by atoms with Gasteiger partial charge in [-0.3, -0.25) is 4.79 Å². The lowest BCUT2D eigenvalue weighted by Crippen LogP contribution is -2.20. The molecule has 0 aromatic carbocycles. The van der Waals surface area contributed by atoms with Crippen LogP contribution in [0, 0.1) is 0 Å². The van der Waals surface area contributed by atoms with Crippen LogP contribution in [0.2, 0.25) is 0 Å². The Morgan fingerprint density at radius 3 is 2.25 bits per heavy atom. The third-order valence-corrected chi connectivity index (χ3v) is 0.990. The number of hydrogen-bond acceptors (Lipinski definition) is 1. The lowest BCUT2D eigenvalue weighted by Gasteiger charge is -2.04. The van der Waals surface area contributed by atoms with Gasteiger partial charge in [0.05, 0.1) is 0 Å². The quantitative estimate of drug-likeness (QED) is 0.649. The minimum Gasteiger partial charge on any atom is -0.321 e. The van der Waals surface area contributed by atoms with Crippen LogP contribution in [-0.2, 0) is 4.79 Å². The van der Waals surface area contributed by atoms with Gasteiger partial charge in [0.15, 0.2) is 0 Å². The average molecular weight is 173 g/mol. The van der Waals surface area contributed by atoms with Crippen LogP contribution < -0.4 is 5.32 Å². The average Bonchev–Trinajstić information content (AvgIpc) is 1.98. The summed E-state index contributed by atoms with van der Waals surface area (Å²) in [5.41, 5.74) is -0.572. The van der Waals surface area contributed by atoms with Gasteiger partial charge in [0.2, 0.25) is 5.91 Å². The molecule has 0 aliphatic carbocycles. The van der Waals surface area contributed by atoms with Crippen molar-refractivity contribution < 1.29 is 13.6 Å². The highest BCUT2D eigenvalue weighted by molar-refractivity contribution is 5.76. The molecule has 0 aromatic rings. The molecule has 0 saturated heterocycles. The summed E-state index contributed by atoms with van der Waals surface area (Å²) in [4.78, 5) is 10.4. The van der Waals surface area contributed by atoms with Crippen molar-refractivity contribution in [2.75, 3.05) is 0 Å². The lowest BCUT2D eigenvalue weighted by molar-refractivity contribution is -0.118. The first-order chi connectivity index (χ1) is 5.49. The van der Waals surface area contributed by atoms with Crippen LogP contribution in [0.4, 0.5) is 8.78 Å². The highest BCUT2D eigenvalue weighted by Crippen LogP contribution is 2.13. The molecule has 1 amide bonds. The zero-order valence-electron chi connectivity index (χ0n) is 6.66. The number of rotatable bonds is 3. The van der Waals surface area contributed by atoms with Crippen molar-refractivity contribution >= 4 is 5.91 Å². The molecule has 0 unspecified atom stereocenters. The Kier molecular flexibility index (Phi) is 3.90. The molecule has 66 valence electrons. The molecule has 0 radical (unpaired) electrons. The highest BCUT2D eigenvalue weighted by atomic mass is 19.1. The molecule has 4 heteroatoms. The molecule has 0 aliphatic heterocycles. The summed E-state index contributed by atoms with van der Waals surface area (Å²) in [6.45, 7) is 7.07. The van der Waals surface area contributed by atoms with Crippen LogP contribution >= 0.6 is 0 Å². The fourth-order valence-corrected chi connectivity index (χ4v) is 0.535. The molecule has 0 spiro atoms. The van der Waals surface area contributed by atoms with Gasteiger partial charge >= 0.3 is 0 Å². The summed E-state index contributed by atoms with van der Waals surface area (Å²) in [6, 6.07) is 0. The fourth-order valence-electron chi connectivity index (χ4n) is 0.535. The molecule has 2 nitrogen and oxygen atoms in total. The van der Waals surface area contributed by atoms with Crippen LogP contribution in [0.1, 0.15) is 6.92 Å². The van der Waals surface area contributed by atoms with Crippen LogP contribution in [0.3, 0.4) is 0 Å². The zero-order valence-corrected chi connectivity index (χ0v) is 6.66. The van der Waals surface area contributed by atoms with Crippen molar-refractivity contribution in [3.63, 3.8) is 0 Å². The number of nitrogens with one attached hydrogen (secondary N) is 1. The molecule has 12 heavy (non-hydrogen) atoms. The Balaban J connectivity index is 4.78. The molecule has 0 aliphatic rings. The van der Waals surface area contributed by atoms with Crippen molar-refractivity contribution in [3.05, 3.63) is 36.6 Å². The zero-order chi connectivity index (χ0) is 9.72. The normalized spacial score (nSPS) is 11.6. The maximum Gasteiger partial charge on any atom is 0.221 e. The predicted octanol–water partition coefficient (Wildman–Crippen LogP) is 1.97. The summed E-state index contributed by atoms with van der Waals surface area (Å²) in [6.07, 6.45) is 0.788. The van der Waals surface area contributed by atoms with E-state index in [9.17, 15) is 13.6 Å². The van der Waals surface area contributed by atoms with E-state index >= 15 is 0 Å². The van der Waals surface area contributed by atoms with Gasteiger partial charge in [-0.05, 0) is 6.08 Å². The van der Waals surface area contributed by atoms with E-state index in [0.717, 1.165) is 13.0 Å². The largest absolute Gasteiger partial charge is 0.321 e. The lowest BCUT2D eigenvalue weighted by atomic mass is 10.3. The van der Waals surface area contributed by atoms with E-state index in [1.54, 1.807) is 0 Å². The minimum absolute atomic E-state index is 0.569. The molecule has 0 fully saturated rings. The standard InChI is InChI=1S/C8H9F2NO/c1-4-7(10)8(5(2)9)11-6(3)12/h4H,1-2H2,3H3,(H,11,12)/b8-7-. The van der Waals surface area contributed by atoms with Gasteiger partial charge in [-0.25, -0.2) is 8.78 Å². The topological polar surface area (TPSA) is 29.1 Å². The van der Waals surface area contributed by atoms with Gasteiger partial charge in [0, 0.05) is 6.92 Å². The van der Waals surface area contributed by atoms with Crippen molar-refractivity contribution in [2.24, 2.45) is 0 Å². The molecule has 1 N–H and O–H groups in total. The summed E-state index contributed by atoms with van der Waals surface area (Å²) in [5.74, 6) is -2.55. The van der Waals surface area contributed by atoms with Crippen LogP contribution in [0.5, 0.6) is 0 Å². The van der Waals surface area contributed by atoms with Gasteiger partial charge in [-0.1, -0.05) is 13.2 Å². The Hall–Kier alpha value is -1.45. The molecule has 0 saturated carbocycles. The minimum atomic E-state index is -1.04. The van der Waals surface area contributed by atoms with Gasteiger partial charge in [-0.2, -0.15) is 0 Å². The third kappa shape index (κ3) is 3.09. The van der Waals surface area contributed by atoms with Crippen LogP contribution in [-0.4, -0.2) is 5.91 Å². The second-order valence-electron chi connectivity index (χ2n) is 2.01. The van der Waals surface area contributed by atoms with Gasteiger partial charge in [0.1, 0.15) is 17.4 Å². The summed E-state index contributed by atoms with van der Waals surface area (Å²) >= 11 is 0. The monoisotopic (exact) mass is 173 g/mol. The SMILES string of the molecule is C=C/C(F)=C(/NC(C)=O)C(=C)F. The number of carbonyl (C=O) groups excluding carboxylic acids is 1. The molecular formula is C8H9F2NO. The smallest absolute Gasteiger partial charge is 0.221 e. The number of halogens is 2. The Bertz CT molecular complexity index is 256. The Morgan fingerprint density at radius 2 is 2.00 bits per heavy atom. The maximum atomic E-state index is 12.7. The van der Waals surface area contributed by atoms with E-state index in [4.69, 9.17) is 0 Å². The van der Waals surface area contributed by atoms with E-state index in [1.807, 2.05) is 5.32 Å². The maximum absolute atomic E-state index is 12.7. The predicted molar refractivity (Wildman–Crippen MR) is 42.4 cm³/mol. The molecule has 0 bridgehead atoms. The first-order valence-electron chi connectivity index (χ1n) is 3.13. The van der Waals surface area contributed by atoms with Gasteiger partial charge in [-0.15, -0.1) is 0 Å². The molecule has 0 heterocycles. The highest BCUT2D eigenvalue weighted by Gasteiger charge is 2.08. The number of hydrogen-bond donors (Lipinski definition) is 1. The molecular weight excluding hydrogens is 164 g/mol. The van der Waals surface area contributed by atoms with Crippen molar-refractivity contribution in [3.8, 4) is 0 Å². The van der Waals surface area contributed by atoms with Gasteiger partial charge in [0.25, 0.3) is 0 Å². The first-order valence-corrected chi connectivity index (χ1v) is 3.13. The van der Waals surface area contributed by atoms with E-state index in [2.05, 4.69) is 13.2 Å². The van der Waals surface area contributed by atoms with Gasteiger partial charge < -0.3 is 5.32 Å². The van der Waals surface area contributed by atoms with E-state index in [-0.39, 0.29) is 0 Å². The number of allylic oxidation sites excluding steroid dienone is 3. The van der Waals surface area contributed by atoms with E-state index in [1.165, 1.54) is 0 Å². The van der Waals surface area contributed by atoms with Crippen LogP contribution in [0.15, 0.2) is 36.6 Å². The van der Waals surface area contributed by atoms with E-state index in [0.29, 0.717) is 0 Å². The summed E-state index contributed by atoms with van der Waals surface area (Å²) in [5, 5.41) is 1.95. The van der Waals surface area contributed by atoms with Crippen molar-refractivity contribution in [2.45, 2.75) is 6.92 Å². The Labute approximate surface area is 69.3 Å². The van der Waals surface area contributed by atoms with Crippen molar-refractivity contribution in [1.29, 1.82) is 0 Å². The van der Waals surface area contributed by atoms with Crippen LogP contribution in [0.25, 0.3) is 0 Å². The summed E-state index contributed by atoms with van der Waals surface area (Å²) < 4.78 is 25.1. The second-order valence-corrected chi connectivity index (χ2v) is 2.01. The first kappa shape index (κ1) is 10.6. The fraction of sp³-hybridized carbons (Fsp3) is 0.125. The number of amides is 1.